The molecular weight excluding hydrogens is 252 g/mol. The number of hydrogen-bond donors (Lipinski definition) is 0. The number of ether oxygens (including phenoxy) is 1. The highest BCUT2D eigenvalue weighted by molar-refractivity contribution is 5.59. The zero-order chi connectivity index (χ0) is 13.8. The molecule has 0 N–H and O–H groups in total. The molecule has 100 valence electrons. The molecule has 3 aromatic rings. The van der Waals surface area contributed by atoms with Crippen LogP contribution in [0.2, 0.25) is 0 Å². The molecule has 2 heterocycles. The summed E-state index contributed by atoms with van der Waals surface area (Å²) in [6, 6.07) is 9.98. The lowest BCUT2D eigenvalue weighted by atomic mass is 10.2. The summed E-state index contributed by atoms with van der Waals surface area (Å²) in [5.74, 6) is 1.39. The first-order valence-electron chi connectivity index (χ1n) is 6.42. The summed E-state index contributed by atoms with van der Waals surface area (Å²) in [5.41, 5.74) is 1.81. The van der Waals surface area contributed by atoms with E-state index in [0.29, 0.717) is 12.5 Å². The highest BCUT2D eigenvalue weighted by atomic mass is 16.5. The maximum absolute atomic E-state index is 5.55. The molecule has 3 rings (SSSR count). The minimum atomic E-state index is 0.553. The van der Waals surface area contributed by atoms with Gasteiger partial charge in [-0.25, -0.2) is 9.97 Å². The Bertz CT molecular complexity index is 694. The van der Waals surface area contributed by atoms with E-state index in [1.165, 1.54) is 6.33 Å². The first kappa shape index (κ1) is 12.3. The van der Waals surface area contributed by atoms with Crippen LogP contribution in [0, 0.1) is 0 Å². The highest BCUT2D eigenvalue weighted by Gasteiger charge is 2.12. The average Bonchev–Trinajstić information content (AvgIpc) is 2.98. The van der Waals surface area contributed by atoms with Crippen molar-refractivity contribution in [2.45, 2.75) is 6.92 Å². The standard InChI is InChI=1S/C15H14N4O/c1-2-20-15-13(10-16-11-18-15)19-9-8-17-14(19)12-6-4-3-5-7-12/h3-11H,2H2,1H3. The summed E-state index contributed by atoms with van der Waals surface area (Å²) in [5, 5.41) is 0. The Labute approximate surface area is 116 Å². The van der Waals surface area contributed by atoms with Gasteiger partial charge in [0, 0.05) is 18.0 Å². The average molecular weight is 266 g/mol. The zero-order valence-corrected chi connectivity index (χ0v) is 11.1. The van der Waals surface area contributed by atoms with Gasteiger partial charge in [0.2, 0.25) is 5.88 Å². The predicted molar refractivity (Wildman–Crippen MR) is 75.8 cm³/mol. The van der Waals surface area contributed by atoms with E-state index in [0.717, 1.165) is 17.1 Å². The molecule has 0 saturated heterocycles. The molecule has 0 aliphatic rings. The van der Waals surface area contributed by atoms with Crippen LogP contribution in [0.15, 0.2) is 55.2 Å². The lowest BCUT2D eigenvalue weighted by Gasteiger charge is -2.11. The lowest BCUT2D eigenvalue weighted by molar-refractivity contribution is 0.325. The van der Waals surface area contributed by atoms with Gasteiger partial charge < -0.3 is 4.74 Å². The maximum atomic E-state index is 5.55. The Kier molecular flexibility index (Phi) is 3.41. The molecule has 2 aromatic heterocycles. The number of benzene rings is 1. The van der Waals surface area contributed by atoms with Crippen LogP contribution < -0.4 is 4.74 Å². The van der Waals surface area contributed by atoms with Gasteiger partial charge in [0.05, 0.1) is 12.8 Å². The predicted octanol–water partition coefficient (Wildman–Crippen LogP) is 2.73. The third kappa shape index (κ3) is 2.25. The van der Waals surface area contributed by atoms with Gasteiger partial charge in [-0.1, -0.05) is 30.3 Å². The topological polar surface area (TPSA) is 52.8 Å². The second kappa shape index (κ2) is 5.52. The quantitative estimate of drug-likeness (QED) is 0.728. The Morgan fingerprint density at radius 1 is 1.15 bits per heavy atom. The molecule has 20 heavy (non-hydrogen) atoms. The van der Waals surface area contributed by atoms with Crippen molar-refractivity contribution in [1.82, 2.24) is 19.5 Å². The van der Waals surface area contributed by atoms with Crippen LogP contribution >= 0.6 is 0 Å². The molecule has 5 nitrogen and oxygen atoms in total. The van der Waals surface area contributed by atoms with E-state index < -0.39 is 0 Å². The van der Waals surface area contributed by atoms with Gasteiger partial charge in [0.1, 0.15) is 17.8 Å². The summed E-state index contributed by atoms with van der Waals surface area (Å²) in [6.45, 7) is 2.48. The Morgan fingerprint density at radius 2 is 2.00 bits per heavy atom. The summed E-state index contributed by atoms with van der Waals surface area (Å²) >= 11 is 0. The molecule has 0 amide bonds. The number of hydrogen-bond acceptors (Lipinski definition) is 4. The van der Waals surface area contributed by atoms with Crippen LogP contribution in [0.5, 0.6) is 5.88 Å². The minimum absolute atomic E-state index is 0.553. The summed E-state index contributed by atoms with van der Waals surface area (Å²) in [4.78, 5) is 12.7. The molecule has 0 radical (unpaired) electrons. The van der Waals surface area contributed by atoms with Gasteiger partial charge in [-0.2, -0.15) is 4.98 Å². The molecule has 0 bridgehead atoms. The second-order valence-electron chi connectivity index (χ2n) is 4.13. The van der Waals surface area contributed by atoms with E-state index in [1.807, 2.05) is 48.0 Å². The van der Waals surface area contributed by atoms with E-state index in [4.69, 9.17) is 4.74 Å². The first-order chi connectivity index (χ1) is 9.90. The van der Waals surface area contributed by atoms with Crippen LogP contribution in [-0.2, 0) is 0 Å². The normalized spacial score (nSPS) is 10.4. The van der Waals surface area contributed by atoms with Crippen molar-refractivity contribution in [1.29, 1.82) is 0 Å². The molecule has 0 atom stereocenters. The number of aromatic nitrogens is 4. The van der Waals surface area contributed by atoms with Gasteiger partial charge in [-0.3, -0.25) is 4.57 Å². The van der Waals surface area contributed by atoms with Gasteiger partial charge >= 0.3 is 0 Å². The fraction of sp³-hybridized carbons (Fsp3) is 0.133. The van der Waals surface area contributed by atoms with E-state index in [1.54, 1.807) is 12.4 Å². The van der Waals surface area contributed by atoms with Crippen LogP contribution in [0.4, 0.5) is 0 Å². The van der Waals surface area contributed by atoms with Gasteiger partial charge in [-0.15, -0.1) is 0 Å². The van der Waals surface area contributed by atoms with Crippen molar-refractivity contribution >= 4 is 0 Å². The number of imidazole rings is 1. The highest BCUT2D eigenvalue weighted by Crippen LogP contribution is 2.25. The number of nitrogens with zero attached hydrogens (tertiary/aromatic N) is 4. The van der Waals surface area contributed by atoms with Gasteiger partial charge in [-0.05, 0) is 6.92 Å². The van der Waals surface area contributed by atoms with Crippen molar-refractivity contribution in [2.75, 3.05) is 6.61 Å². The molecular formula is C15H14N4O. The first-order valence-corrected chi connectivity index (χ1v) is 6.42. The Morgan fingerprint density at radius 3 is 2.80 bits per heavy atom. The van der Waals surface area contributed by atoms with Crippen LogP contribution in [0.25, 0.3) is 17.1 Å². The van der Waals surface area contributed by atoms with Crippen molar-refractivity contribution in [2.24, 2.45) is 0 Å². The molecule has 5 heteroatoms. The summed E-state index contributed by atoms with van der Waals surface area (Å²) in [7, 11) is 0. The molecule has 0 saturated carbocycles. The fourth-order valence-electron chi connectivity index (χ4n) is 2.02. The van der Waals surface area contributed by atoms with Crippen molar-refractivity contribution in [3.63, 3.8) is 0 Å². The smallest absolute Gasteiger partial charge is 0.241 e. The van der Waals surface area contributed by atoms with Crippen LogP contribution in [0.3, 0.4) is 0 Å². The van der Waals surface area contributed by atoms with Crippen molar-refractivity contribution in [3.05, 3.63) is 55.2 Å². The molecule has 0 unspecified atom stereocenters. The van der Waals surface area contributed by atoms with Crippen molar-refractivity contribution in [3.8, 4) is 23.0 Å². The maximum Gasteiger partial charge on any atom is 0.241 e. The number of rotatable bonds is 4. The van der Waals surface area contributed by atoms with Gasteiger partial charge in [0.15, 0.2) is 0 Å². The third-order valence-corrected chi connectivity index (χ3v) is 2.87. The second-order valence-corrected chi connectivity index (χ2v) is 4.13. The third-order valence-electron chi connectivity index (χ3n) is 2.87. The molecule has 0 spiro atoms. The fourth-order valence-corrected chi connectivity index (χ4v) is 2.02. The van der Waals surface area contributed by atoms with E-state index in [2.05, 4.69) is 15.0 Å². The van der Waals surface area contributed by atoms with Crippen LogP contribution in [-0.4, -0.2) is 26.1 Å². The molecule has 1 aromatic carbocycles. The van der Waals surface area contributed by atoms with E-state index >= 15 is 0 Å². The largest absolute Gasteiger partial charge is 0.476 e. The summed E-state index contributed by atoms with van der Waals surface area (Å²) < 4.78 is 7.48. The Hall–Kier alpha value is -2.69. The minimum Gasteiger partial charge on any atom is -0.476 e. The lowest BCUT2D eigenvalue weighted by Crippen LogP contribution is -2.04. The molecule has 0 fully saturated rings. The summed E-state index contributed by atoms with van der Waals surface area (Å²) in [6.07, 6.45) is 6.84. The zero-order valence-electron chi connectivity index (χ0n) is 11.1. The molecule has 0 aliphatic heterocycles. The van der Waals surface area contributed by atoms with Crippen LogP contribution in [0.1, 0.15) is 6.92 Å². The SMILES string of the molecule is CCOc1ncncc1-n1ccnc1-c1ccccc1. The van der Waals surface area contributed by atoms with E-state index in [-0.39, 0.29) is 0 Å². The Balaban J connectivity index is 2.11. The van der Waals surface area contributed by atoms with Gasteiger partial charge in [0.25, 0.3) is 0 Å². The molecule has 0 aliphatic carbocycles. The monoisotopic (exact) mass is 266 g/mol. The van der Waals surface area contributed by atoms with Crippen molar-refractivity contribution < 1.29 is 4.74 Å². The van der Waals surface area contributed by atoms with E-state index in [9.17, 15) is 0 Å².